The van der Waals surface area contributed by atoms with Crippen LogP contribution in [-0.2, 0) is 0 Å². The number of likely N-dealkylation sites (tertiary alicyclic amines) is 1. The molecule has 4 heteroatoms. The molecule has 1 aromatic rings. The summed E-state index contributed by atoms with van der Waals surface area (Å²) in [6.07, 6.45) is 3.36. The second-order valence-electron chi connectivity index (χ2n) is 7.18. The molecule has 0 atom stereocenters. The van der Waals surface area contributed by atoms with E-state index in [-0.39, 0.29) is 0 Å². The van der Waals surface area contributed by atoms with E-state index in [1.165, 1.54) is 12.0 Å². The van der Waals surface area contributed by atoms with E-state index in [0.29, 0.717) is 5.41 Å². The number of unbranched alkanes of at least 4 members (excludes halogenated alkanes) is 1. The second-order valence-corrected chi connectivity index (χ2v) is 7.18. The molecule has 1 heterocycles. The van der Waals surface area contributed by atoms with Crippen molar-refractivity contribution in [3.8, 4) is 5.75 Å². The first-order chi connectivity index (χ1) is 11.0. The van der Waals surface area contributed by atoms with Gasteiger partial charge >= 0.3 is 0 Å². The van der Waals surface area contributed by atoms with Crippen LogP contribution in [0.2, 0.25) is 0 Å². The molecule has 0 spiro atoms. The minimum absolute atomic E-state index is 0.402. The maximum Gasteiger partial charge on any atom is 0.193 e. The van der Waals surface area contributed by atoms with Crippen LogP contribution in [0.3, 0.4) is 0 Å². The highest BCUT2D eigenvalue weighted by atomic mass is 16.5. The molecule has 0 bridgehead atoms. The van der Waals surface area contributed by atoms with Gasteiger partial charge in [-0.3, -0.25) is 4.99 Å². The van der Waals surface area contributed by atoms with E-state index in [0.717, 1.165) is 50.8 Å². The van der Waals surface area contributed by atoms with Gasteiger partial charge < -0.3 is 15.0 Å². The molecule has 1 aliphatic heterocycles. The fraction of sp³-hybridized carbons (Fsp3) is 0.632. The number of nitrogens with zero attached hydrogens (tertiary/aromatic N) is 2. The van der Waals surface area contributed by atoms with E-state index in [1.807, 2.05) is 19.2 Å². The fourth-order valence-corrected chi connectivity index (χ4v) is 2.88. The Morgan fingerprint density at radius 3 is 2.61 bits per heavy atom. The molecule has 2 rings (SSSR count). The van der Waals surface area contributed by atoms with Crippen LogP contribution in [0.15, 0.2) is 29.3 Å². The largest absolute Gasteiger partial charge is 0.494 e. The molecule has 0 amide bonds. The zero-order valence-corrected chi connectivity index (χ0v) is 15.1. The molecule has 1 aromatic carbocycles. The van der Waals surface area contributed by atoms with Crippen molar-refractivity contribution in [2.45, 2.75) is 40.0 Å². The lowest BCUT2D eigenvalue weighted by Crippen LogP contribution is -2.41. The van der Waals surface area contributed by atoms with Gasteiger partial charge in [0.25, 0.3) is 0 Å². The summed E-state index contributed by atoms with van der Waals surface area (Å²) >= 11 is 0. The van der Waals surface area contributed by atoms with Gasteiger partial charge in [-0.25, -0.2) is 0 Å². The molecule has 1 saturated heterocycles. The Hall–Kier alpha value is -1.71. The van der Waals surface area contributed by atoms with Crippen molar-refractivity contribution in [3.63, 3.8) is 0 Å². The van der Waals surface area contributed by atoms with E-state index in [1.54, 1.807) is 0 Å². The highest BCUT2D eigenvalue weighted by Crippen LogP contribution is 2.28. The third-order valence-electron chi connectivity index (χ3n) is 4.33. The standard InChI is InChI=1S/C19H31N3O/c1-16-7-9-17(10-8-16)23-14-6-5-12-21-18(20-4)22-13-11-19(2,3)15-22/h7-10H,5-6,11-15H2,1-4H3,(H,20,21). The van der Waals surface area contributed by atoms with Gasteiger partial charge in [-0.05, 0) is 43.7 Å². The minimum Gasteiger partial charge on any atom is -0.494 e. The summed E-state index contributed by atoms with van der Waals surface area (Å²) in [7, 11) is 1.87. The highest BCUT2D eigenvalue weighted by Gasteiger charge is 2.30. The third kappa shape index (κ3) is 5.77. The van der Waals surface area contributed by atoms with Crippen molar-refractivity contribution in [3.05, 3.63) is 29.8 Å². The van der Waals surface area contributed by atoms with E-state index < -0.39 is 0 Å². The zero-order chi connectivity index (χ0) is 16.7. The van der Waals surface area contributed by atoms with Crippen LogP contribution in [0.4, 0.5) is 0 Å². The highest BCUT2D eigenvalue weighted by molar-refractivity contribution is 5.80. The number of aliphatic imine (C=N–C) groups is 1. The number of ether oxygens (including phenoxy) is 1. The molecule has 0 unspecified atom stereocenters. The second kappa shape index (κ2) is 8.23. The Labute approximate surface area is 140 Å². The van der Waals surface area contributed by atoms with Crippen molar-refractivity contribution in [1.29, 1.82) is 0 Å². The zero-order valence-electron chi connectivity index (χ0n) is 15.1. The van der Waals surface area contributed by atoms with Crippen LogP contribution >= 0.6 is 0 Å². The third-order valence-corrected chi connectivity index (χ3v) is 4.33. The van der Waals surface area contributed by atoms with E-state index >= 15 is 0 Å². The normalized spacial score (nSPS) is 17.4. The predicted octanol–water partition coefficient (Wildman–Crippen LogP) is 3.46. The van der Waals surface area contributed by atoms with E-state index in [2.05, 4.69) is 48.1 Å². The Balaban J connectivity index is 1.60. The lowest BCUT2D eigenvalue weighted by Gasteiger charge is -2.23. The summed E-state index contributed by atoms with van der Waals surface area (Å²) < 4.78 is 5.75. The van der Waals surface area contributed by atoms with Crippen molar-refractivity contribution >= 4 is 5.96 Å². The van der Waals surface area contributed by atoms with Gasteiger partial charge in [-0.2, -0.15) is 0 Å². The molecule has 128 valence electrons. The van der Waals surface area contributed by atoms with Crippen molar-refractivity contribution in [1.82, 2.24) is 10.2 Å². The van der Waals surface area contributed by atoms with Gasteiger partial charge in [-0.1, -0.05) is 31.5 Å². The van der Waals surface area contributed by atoms with Gasteiger partial charge in [0.05, 0.1) is 6.61 Å². The van der Waals surface area contributed by atoms with Crippen LogP contribution in [0.5, 0.6) is 5.75 Å². The average molecular weight is 317 g/mol. The molecule has 23 heavy (non-hydrogen) atoms. The van der Waals surface area contributed by atoms with Gasteiger partial charge in [0, 0.05) is 26.7 Å². The molecule has 1 aliphatic rings. The smallest absolute Gasteiger partial charge is 0.193 e. The van der Waals surface area contributed by atoms with Gasteiger partial charge in [0.15, 0.2) is 5.96 Å². The van der Waals surface area contributed by atoms with Crippen molar-refractivity contribution in [2.75, 3.05) is 33.3 Å². The Morgan fingerprint density at radius 2 is 2.00 bits per heavy atom. The summed E-state index contributed by atoms with van der Waals surface area (Å²) in [4.78, 5) is 6.77. The summed E-state index contributed by atoms with van der Waals surface area (Å²) in [5, 5.41) is 3.48. The molecule has 0 aliphatic carbocycles. The number of nitrogens with one attached hydrogen (secondary N) is 1. The first kappa shape index (κ1) is 17.6. The molecule has 4 nitrogen and oxygen atoms in total. The van der Waals surface area contributed by atoms with Crippen LogP contribution in [0, 0.1) is 12.3 Å². The predicted molar refractivity (Wildman–Crippen MR) is 97.2 cm³/mol. The van der Waals surface area contributed by atoms with Crippen molar-refractivity contribution in [2.24, 2.45) is 10.4 Å². The van der Waals surface area contributed by atoms with E-state index in [9.17, 15) is 0 Å². The number of rotatable bonds is 6. The molecule has 1 N–H and O–H groups in total. The number of aryl methyl sites for hydroxylation is 1. The minimum atomic E-state index is 0.402. The summed E-state index contributed by atoms with van der Waals surface area (Å²) in [6, 6.07) is 8.23. The Morgan fingerprint density at radius 1 is 1.26 bits per heavy atom. The number of hydrogen-bond donors (Lipinski definition) is 1. The number of guanidine groups is 1. The van der Waals surface area contributed by atoms with Crippen LogP contribution < -0.4 is 10.1 Å². The number of hydrogen-bond acceptors (Lipinski definition) is 2. The van der Waals surface area contributed by atoms with Crippen LogP contribution in [-0.4, -0.2) is 44.1 Å². The van der Waals surface area contributed by atoms with E-state index in [4.69, 9.17) is 4.74 Å². The maximum atomic E-state index is 5.75. The topological polar surface area (TPSA) is 36.9 Å². The van der Waals surface area contributed by atoms with Gasteiger partial charge in [0.1, 0.15) is 5.75 Å². The summed E-state index contributed by atoms with van der Waals surface area (Å²) in [5.41, 5.74) is 1.66. The lowest BCUT2D eigenvalue weighted by atomic mass is 9.93. The monoisotopic (exact) mass is 317 g/mol. The average Bonchev–Trinajstić information content (AvgIpc) is 2.88. The SMILES string of the molecule is CN=C(NCCCCOc1ccc(C)cc1)N1CCC(C)(C)C1. The Bertz CT molecular complexity index is 508. The van der Waals surface area contributed by atoms with Crippen LogP contribution in [0.25, 0.3) is 0 Å². The maximum absolute atomic E-state index is 5.75. The fourth-order valence-electron chi connectivity index (χ4n) is 2.88. The summed E-state index contributed by atoms with van der Waals surface area (Å²) in [5.74, 6) is 1.99. The quantitative estimate of drug-likeness (QED) is 0.496. The first-order valence-electron chi connectivity index (χ1n) is 8.65. The molecule has 0 radical (unpaired) electrons. The lowest BCUT2D eigenvalue weighted by molar-refractivity contribution is 0.306. The molecular formula is C19H31N3O. The van der Waals surface area contributed by atoms with Crippen LogP contribution in [0.1, 0.15) is 38.7 Å². The van der Waals surface area contributed by atoms with Gasteiger partial charge in [-0.15, -0.1) is 0 Å². The molecule has 0 saturated carbocycles. The Kier molecular flexibility index (Phi) is 6.31. The number of benzene rings is 1. The molecule has 1 fully saturated rings. The molecular weight excluding hydrogens is 286 g/mol. The molecule has 0 aromatic heterocycles. The van der Waals surface area contributed by atoms with Gasteiger partial charge in [0.2, 0.25) is 0 Å². The van der Waals surface area contributed by atoms with Crippen molar-refractivity contribution < 1.29 is 4.74 Å². The summed E-state index contributed by atoms with van der Waals surface area (Å²) in [6.45, 7) is 10.6. The first-order valence-corrected chi connectivity index (χ1v) is 8.65.